The van der Waals surface area contributed by atoms with E-state index in [4.69, 9.17) is 5.73 Å². The van der Waals surface area contributed by atoms with E-state index in [2.05, 4.69) is 19.2 Å². The molecule has 78 valence electrons. The van der Waals surface area contributed by atoms with Gasteiger partial charge < -0.3 is 11.1 Å². The van der Waals surface area contributed by atoms with Crippen LogP contribution in [0.3, 0.4) is 0 Å². The number of hydrogen-bond donors (Lipinski definition) is 2. The molecule has 1 atom stereocenters. The summed E-state index contributed by atoms with van der Waals surface area (Å²) in [6.07, 6.45) is 5.18. The van der Waals surface area contributed by atoms with Crippen LogP contribution in [0, 0.1) is 11.3 Å². The fraction of sp³-hybridized carbons (Fsp3) is 1.00. The molecule has 0 amide bonds. The van der Waals surface area contributed by atoms with Gasteiger partial charge in [-0.3, -0.25) is 0 Å². The third kappa shape index (κ3) is 2.44. The Bertz CT molecular complexity index is 150. The lowest BCUT2D eigenvalue weighted by atomic mass is 9.62. The van der Waals surface area contributed by atoms with Crippen molar-refractivity contribution < 1.29 is 0 Å². The molecule has 2 heteroatoms. The molecule has 1 saturated carbocycles. The maximum Gasteiger partial charge on any atom is 0.0110 e. The van der Waals surface area contributed by atoms with Gasteiger partial charge in [0.2, 0.25) is 0 Å². The Morgan fingerprint density at radius 1 is 1.38 bits per heavy atom. The van der Waals surface area contributed by atoms with Crippen molar-refractivity contribution in [2.24, 2.45) is 17.1 Å². The highest BCUT2D eigenvalue weighted by molar-refractivity contribution is 4.97. The Morgan fingerprint density at radius 3 is 2.31 bits per heavy atom. The molecule has 0 aromatic heterocycles. The minimum Gasteiger partial charge on any atom is -0.327 e. The first-order valence-electron chi connectivity index (χ1n) is 5.51. The van der Waals surface area contributed by atoms with Gasteiger partial charge in [-0.05, 0) is 37.6 Å². The molecule has 1 aliphatic rings. The smallest absolute Gasteiger partial charge is 0.0110 e. The Kier molecular flexibility index (Phi) is 3.74. The zero-order valence-electron chi connectivity index (χ0n) is 9.27. The quantitative estimate of drug-likeness (QED) is 0.683. The van der Waals surface area contributed by atoms with E-state index in [0.717, 1.165) is 12.5 Å². The van der Waals surface area contributed by atoms with Gasteiger partial charge in [-0.2, -0.15) is 0 Å². The average molecular weight is 184 g/mol. The Hall–Kier alpha value is -0.0800. The molecule has 3 N–H and O–H groups in total. The zero-order valence-corrected chi connectivity index (χ0v) is 9.27. The molecule has 0 radical (unpaired) electrons. The third-order valence-electron chi connectivity index (χ3n) is 3.39. The monoisotopic (exact) mass is 184 g/mol. The van der Waals surface area contributed by atoms with Gasteiger partial charge in [-0.15, -0.1) is 0 Å². The Morgan fingerprint density at radius 2 is 2.00 bits per heavy atom. The summed E-state index contributed by atoms with van der Waals surface area (Å²) in [4.78, 5) is 0. The van der Waals surface area contributed by atoms with Crippen LogP contribution in [0.4, 0.5) is 0 Å². The van der Waals surface area contributed by atoms with Crippen molar-refractivity contribution in [3.63, 3.8) is 0 Å². The van der Waals surface area contributed by atoms with E-state index in [1.165, 1.54) is 25.7 Å². The van der Waals surface area contributed by atoms with Gasteiger partial charge in [0, 0.05) is 12.6 Å². The second kappa shape index (κ2) is 4.43. The van der Waals surface area contributed by atoms with Crippen molar-refractivity contribution in [2.75, 3.05) is 13.6 Å². The summed E-state index contributed by atoms with van der Waals surface area (Å²) in [5.74, 6) is 0.726. The van der Waals surface area contributed by atoms with Crippen molar-refractivity contribution in [3.05, 3.63) is 0 Å². The summed E-state index contributed by atoms with van der Waals surface area (Å²) in [6.45, 7) is 5.61. The standard InChI is InChI=1S/C11H24N2/c1-9(2)7-10(12)11(8-13-3)5-4-6-11/h9-10,13H,4-8,12H2,1-3H3. The molecular formula is C11H24N2. The van der Waals surface area contributed by atoms with Gasteiger partial charge in [0.1, 0.15) is 0 Å². The predicted octanol–water partition coefficient (Wildman–Crippen LogP) is 1.75. The third-order valence-corrected chi connectivity index (χ3v) is 3.39. The van der Waals surface area contributed by atoms with Gasteiger partial charge in [0.15, 0.2) is 0 Å². The molecule has 2 nitrogen and oxygen atoms in total. The highest BCUT2D eigenvalue weighted by atomic mass is 14.9. The lowest BCUT2D eigenvalue weighted by Gasteiger charge is -2.47. The van der Waals surface area contributed by atoms with E-state index in [9.17, 15) is 0 Å². The molecular weight excluding hydrogens is 160 g/mol. The van der Waals surface area contributed by atoms with E-state index in [-0.39, 0.29) is 0 Å². The SMILES string of the molecule is CNCC1(C(N)CC(C)C)CCC1. The van der Waals surface area contributed by atoms with E-state index >= 15 is 0 Å². The highest BCUT2D eigenvalue weighted by Crippen LogP contribution is 2.44. The highest BCUT2D eigenvalue weighted by Gasteiger charge is 2.41. The second-order valence-electron chi connectivity index (χ2n) is 4.98. The van der Waals surface area contributed by atoms with E-state index in [1.54, 1.807) is 0 Å². The summed E-state index contributed by atoms with van der Waals surface area (Å²) in [5, 5.41) is 3.28. The molecule has 0 bridgehead atoms. The maximum absolute atomic E-state index is 6.26. The number of nitrogens with one attached hydrogen (secondary N) is 1. The topological polar surface area (TPSA) is 38.0 Å². The van der Waals surface area contributed by atoms with Crippen molar-refractivity contribution in [1.82, 2.24) is 5.32 Å². The molecule has 0 saturated heterocycles. The van der Waals surface area contributed by atoms with Crippen LogP contribution in [0.1, 0.15) is 39.5 Å². The summed E-state index contributed by atoms with van der Waals surface area (Å²) in [5.41, 5.74) is 6.69. The molecule has 1 aliphatic carbocycles. The van der Waals surface area contributed by atoms with Crippen LogP contribution < -0.4 is 11.1 Å². The molecule has 0 aliphatic heterocycles. The van der Waals surface area contributed by atoms with Crippen LogP contribution in [0.15, 0.2) is 0 Å². The first-order valence-corrected chi connectivity index (χ1v) is 5.51. The van der Waals surface area contributed by atoms with Crippen molar-refractivity contribution in [1.29, 1.82) is 0 Å². The van der Waals surface area contributed by atoms with Crippen LogP contribution >= 0.6 is 0 Å². The van der Waals surface area contributed by atoms with Crippen LogP contribution in [0.2, 0.25) is 0 Å². The molecule has 0 spiro atoms. The van der Waals surface area contributed by atoms with Crippen LogP contribution in [-0.2, 0) is 0 Å². The first-order chi connectivity index (χ1) is 6.10. The van der Waals surface area contributed by atoms with Crippen molar-refractivity contribution in [2.45, 2.75) is 45.6 Å². The minimum atomic E-state index is 0.397. The van der Waals surface area contributed by atoms with Crippen LogP contribution in [0.25, 0.3) is 0 Å². The molecule has 0 heterocycles. The normalized spacial score (nSPS) is 22.8. The fourth-order valence-electron chi connectivity index (χ4n) is 2.42. The molecule has 0 aromatic rings. The lowest BCUT2D eigenvalue weighted by molar-refractivity contribution is 0.0842. The second-order valence-corrected chi connectivity index (χ2v) is 4.98. The summed E-state index contributed by atoms with van der Waals surface area (Å²) >= 11 is 0. The lowest BCUT2D eigenvalue weighted by Crippen LogP contribution is -2.52. The maximum atomic E-state index is 6.26. The molecule has 1 rings (SSSR count). The first kappa shape index (κ1) is 11.0. The molecule has 1 fully saturated rings. The van der Waals surface area contributed by atoms with Crippen LogP contribution in [-0.4, -0.2) is 19.6 Å². The fourth-order valence-corrected chi connectivity index (χ4v) is 2.42. The number of rotatable bonds is 5. The van der Waals surface area contributed by atoms with Gasteiger partial charge in [-0.1, -0.05) is 20.3 Å². The number of hydrogen-bond acceptors (Lipinski definition) is 2. The van der Waals surface area contributed by atoms with Crippen molar-refractivity contribution in [3.8, 4) is 0 Å². The van der Waals surface area contributed by atoms with E-state index in [0.29, 0.717) is 11.5 Å². The Labute approximate surface area is 82.3 Å². The number of nitrogens with two attached hydrogens (primary N) is 1. The summed E-state index contributed by atoms with van der Waals surface area (Å²) in [7, 11) is 2.03. The largest absolute Gasteiger partial charge is 0.327 e. The minimum absolute atomic E-state index is 0.397. The van der Waals surface area contributed by atoms with Crippen molar-refractivity contribution >= 4 is 0 Å². The predicted molar refractivity (Wildman–Crippen MR) is 57.6 cm³/mol. The Balaban J connectivity index is 2.44. The molecule has 13 heavy (non-hydrogen) atoms. The van der Waals surface area contributed by atoms with Gasteiger partial charge in [0.05, 0.1) is 0 Å². The van der Waals surface area contributed by atoms with E-state index in [1.807, 2.05) is 7.05 Å². The summed E-state index contributed by atoms with van der Waals surface area (Å²) < 4.78 is 0. The molecule has 1 unspecified atom stereocenters. The van der Waals surface area contributed by atoms with Gasteiger partial charge >= 0.3 is 0 Å². The van der Waals surface area contributed by atoms with Gasteiger partial charge in [-0.25, -0.2) is 0 Å². The van der Waals surface area contributed by atoms with E-state index < -0.39 is 0 Å². The zero-order chi connectivity index (χ0) is 9.90. The summed E-state index contributed by atoms with van der Waals surface area (Å²) in [6, 6.07) is 0.397. The average Bonchev–Trinajstić information content (AvgIpc) is 1.94. The van der Waals surface area contributed by atoms with Crippen LogP contribution in [0.5, 0.6) is 0 Å². The molecule has 0 aromatic carbocycles. The van der Waals surface area contributed by atoms with Gasteiger partial charge in [0.25, 0.3) is 0 Å².